The fourth-order valence-electron chi connectivity index (χ4n) is 1.98. The molecular formula is C16H27ClNO2+. The lowest BCUT2D eigenvalue weighted by Gasteiger charge is -2.23. The second-order valence-electron chi connectivity index (χ2n) is 6.25. The fraction of sp³-hybridized carbons (Fsp3) is 0.625. The minimum atomic E-state index is -0.250. The normalized spacial score (nSPS) is 13.3. The Bertz CT molecular complexity index is 413. The van der Waals surface area contributed by atoms with E-state index in [2.05, 4.69) is 26.1 Å². The topological polar surface area (TPSA) is 46.1 Å². The molecule has 0 heterocycles. The predicted octanol–water partition coefficient (Wildman–Crippen LogP) is 2.35. The third-order valence-electron chi connectivity index (χ3n) is 3.07. The van der Waals surface area contributed by atoms with Crippen molar-refractivity contribution in [3.63, 3.8) is 0 Å². The molecule has 0 bridgehead atoms. The van der Waals surface area contributed by atoms with E-state index in [1.54, 1.807) is 6.92 Å². The van der Waals surface area contributed by atoms with Gasteiger partial charge in [-0.15, -0.1) is 0 Å². The van der Waals surface area contributed by atoms with Crippen LogP contribution < -0.4 is 10.1 Å². The summed E-state index contributed by atoms with van der Waals surface area (Å²) < 4.78 is 5.88. The first-order valence-corrected chi connectivity index (χ1v) is 7.61. The number of aliphatic hydroxyl groups excluding tert-OH is 1. The minimum absolute atomic E-state index is 0.0126. The second kappa shape index (κ2) is 7.87. The van der Waals surface area contributed by atoms with Crippen molar-refractivity contribution in [3.05, 3.63) is 28.8 Å². The average molecular weight is 301 g/mol. The average Bonchev–Trinajstić information content (AvgIpc) is 2.33. The number of quaternary nitrogens is 1. The summed E-state index contributed by atoms with van der Waals surface area (Å²) in [5, 5.41) is 12.0. The van der Waals surface area contributed by atoms with Gasteiger partial charge in [0.05, 0.1) is 19.3 Å². The Morgan fingerprint density at radius 2 is 2.05 bits per heavy atom. The zero-order valence-electron chi connectivity index (χ0n) is 12.9. The fourth-order valence-corrected chi connectivity index (χ4v) is 2.16. The number of aliphatic hydroxyl groups is 1. The molecule has 114 valence electrons. The molecule has 0 aliphatic rings. The van der Waals surface area contributed by atoms with E-state index < -0.39 is 0 Å². The molecule has 3 N–H and O–H groups in total. The molecular weight excluding hydrogens is 274 g/mol. The molecule has 0 unspecified atom stereocenters. The number of benzene rings is 1. The van der Waals surface area contributed by atoms with Crippen LogP contribution in [0.3, 0.4) is 0 Å². The third-order valence-corrected chi connectivity index (χ3v) is 3.30. The van der Waals surface area contributed by atoms with Gasteiger partial charge in [-0.3, -0.25) is 0 Å². The van der Waals surface area contributed by atoms with Gasteiger partial charge in [0.1, 0.15) is 12.3 Å². The highest BCUT2D eigenvalue weighted by Gasteiger charge is 2.19. The van der Waals surface area contributed by atoms with Crippen LogP contribution in [0.25, 0.3) is 0 Å². The van der Waals surface area contributed by atoms with Gasteiger partial charge in [0.25, 0.3) is 0 Å². The van der Waals surface area contributed by atoms with Crippen molar-refractivity contribution in [2.75, 3.05) is 19.7 Å². The van der Waals surface area contributed by atoms with E-state index in [-0.39, 0.29) is 11.5 Å². The molecule has 0 fully saturated rings. The summed E-state index contributed by atoms with van der Waals surface area (Å²) in [6.45, 7) is 10.7. The van der Waals surface area contributed by atoms with Gasteiger partial charge in [-0.25, -0.2) is 0 Å². The molecule has 20 heavy (non-hydrogen) atoms. The molecule has 3 nitrogen and oxygen atoms in total. The molecule has 0 saturated heterocycles. The number of hydrogen-bond acceptors (Lipinski definition) is 2. The van der Waals surface area contributed by atoms with E-state index in [0.717, 1.165) is 35.8 Å². The van der Waals surface area contributed by atoms with Crippen LogP contribution in [0.2, 0.25) is 5.02 Å². The minimum Gasteiger partial charge on any atom is -0.493 e. The van der Waals surface area contributed by atoms with E-state index in [9.17, 15) is 0 Å². The molecule has 0 aliphatic heterocycles. The Morgan fingerprint density at radius 1 is 1.35 bits per heavy atom. The Kier molecular flexibility index (Phi) is 6.80. The maximum Gasteiger partial charge on any atom is 0.123 e. The maximum atomic E-state index is 9.16. The highest BCUT2D eigenvalue weighted by atomic mass is 35.5. The van der Waals surface area contributed by atoms with Crippen LogP contribution in [0.4, 0.5) is 0 Å². The van der Waals surface area contributed by atoms with E-state index in [4.69, 9.17) is 21.4 Å². The number of hydrogen-bond donors (Lipinski definition) is 2. The van der Waals surface area contributed by atoms with E-state index in [0.29, 0.717) is 6.61 Å². The van der Waals surface area contributed by atoms with Crippen molar-refractivity contribution in [2.45, 2.75) is 45.6 Å². The lowest BCUT2D eigenvalue weighted by atomic mass is 9.86. The predicted molar refractivity (Wildman–Crippen MR) is 83.6 cm³/mol. The van der Waals surface area contributed by atoms with Gasteiger partial charge in [0.2, 0.25) is 0 Å². The molecule has 4 heteroatoms. The first-order chi connectivity index (χ1) is 9.30. The summed E-state index contributed by atoms with van der Waals surface area (Å²) in [4.78, 5) is 0. The van der Waals surface area contributed by atoms with Crippen LogP contribution in [0.1, 0.15) is 39.7 Å². The summed E-state index contributed by atoms with van der Waals surface area (Å²) in [6, 6.07) is 5.80. The molecule has 1 atom stereocenters. The zero-order chi connectivity index (χ0) is 15.2. The monoisotopic (exact) mass is 300 g/mol. The van der Waals surface area contributed by atoms with Crippen molar-refractivity contribution in [2.24, 2.45) is 0 Å². The molecule has 0 amide bonds. The van der Waals surface area contributed by atoms with Gasteiger partial charge in [-0.1, -0.05) is 32.4 Å². The molecule has 1 rings (SSSR count). The Morgan fingerprint density at radius 3 is 2.65 bits per heavy atom. The first-order valence-electron chi connectivity index (χ1n) is 7.23. The van der Waals surface area contributed by atoms with Crippen molar-refractivity contribution >= 4 is 11.6 Å². The zero-order valence-corrected chi connectivity index (χ0v) is 13.7. The lowest BCUT2D eigenvalue weighted by Crippen LogP contribution is -2.86. The number of nitrogens with two attached hydrogens (primary N) is 1. The van der Waals surface area contributed by atoms with Crippen LogP contribution >= 0.6 is 11.6 Å². The van der Waals surface area contributed by atoms with Crippen LogP contribution in [-0.4, -0.2) is 30.9 Å². The molecule has 1 aromatic carbocycles. The summed E-state index contributed by atoms with van der Waals surface area (Å²) in [5.41, 5.74) is 1.15. The Balaban J connectivity index is 2.48. The molecule has 0 saturated carbocycles. The third kappa shape index (κ3) is 6.12. The standard InChI is InChI=1S/C16H26ClNO2/c1-12(19)11-18-8-5-9-20-15-7-6-13(17)10-14(15)16(2,3)4/h6-7,10,12,18-19H,5,8-9,11H2,1-4H3/p+1/t12-/m0/s1. The van der Waals surface area contributed by atoms with Crippen molar-refractivity contribution in [1.82, 2.24) is 0 Å². The van der Waals surface area contributed by atoms with E-state index in [1.165, 1.54) is 0 Å². The summed E-state index contributed by atoms with van der Waals surface area (Å²) >= 11 is 6.07. The van der Waals surface area contributed by atoms with Gasteiger partial charge >= 0.3 is 0 Å². The molecule has 0 spiro atoms. The second-order valence-corrected chi connectivity index (χ2v) is 6.69. The first kappa shape index (κ1) is 17.3. The molecule has 0 aromatic heterocycles. The lowest BCUT2D eigenvalue weighted by molar-refractivity contribution is -0.660. The summed E-state index contributed by atoms with van der Waals surface area (Å²) in [5.74, 6) is 0.914. The van der Waals surface area contributed by atoms with E-state index >= 15 is 0 Å². The van der Waals surface area contributed by atoms with Crippen LogP contribution in [0.5, 0.6) is 5.75 Å². The van der Waals surface area contributed by atoms with Crippen molar-refractivity contribution < 1.29 is 15.2 Å². The summed E-state index contributed by atoms with van der Waals surface area (Å²) in [7, 11) is 0. The number of rotatable bonds is 7. The molecule has 1 aromatic rings. The number of ether oxygens (including phenoxy) is 1. The Hall–Kier alpha value is -0.770. The van der Waals surface area contributed by atoms with Gasteiger partial charge in [-0.2, -0.15) is 0 Å². The molecule has 0 aliphatic carbocycles. The largest absolute Gasteiger partial charge is 0.493 e. The summed E-state index contributed by atoms with van der Waals surface area (Å²) in [6.07, 6.45) is 0.707. The molecule has 0 radical (unpaired) electrons. The van der Waals surface area contributed by atoms with Crippen molar-refractivity contribution in [3.8, 4) is 5.75 Å². The number of halogens is 1. The highest BCUT2D eigenvalue weighted by molar-refractivity contribution is 6.30. The highest BCUT2D eigenvalue weighted by Crippen LogP contribution is 2.33. The SMILES string of the molecule is C[C@H](O)C[NH2+]CCCOc1ccc(Cl)cc1C(C)(C)C. The smallest absolute Gasteiger partial charge is 0.123 e. The van der Waals surface area contributed by atoms with Gasteiger partial charge in [-0.05, 0) is 30.5 Å². The van der Waals surface area contributed by atoms with Crippen LogP contribution in [0.15, 0.2) is 18.2 Å². The van der Waals surface area contributed by atoms with Crippen LogP contribution in [0, 0.1) is 0 Å². The van der Waals surface area contributed by atoms with Crippen LogP contribution in [-0.2, 0) is 5.41 Å². The quantitative estimate of drug-likeness (QED) is 0.759. The van der Waals surface area contributed by atoms with E-state index in [1.807, 2.05) is 18.2 Å². The Labute approximate surface area is 127 Å². The van der Waals surface area contributed by atoms with Gasteiger partial charge < -0.3 is 15.2 Å². The maximum absolute atomic E-state index is 9.16. The van der Waals surface area contributed by atoms with Crippen molar-refractivity contribution in [1.29, 1.82) is 0 Å². The van der Waals surface area contributed by atoms with Gasteiger partial charge in [0, 0.05) is 17.0 Å². The van der Waals surface area contributed by atoms with Gasteiger partial charge in [0.15, 0.2) is 0 Å².